The molecule has 13 heavy (non-hydrogen) atoms. The Balaban J connectivity index is 2.00. The fourth-order valence-corrected chi connectivity index (χ4v) is 1.65. The maximum atomic E-state index is 9.22. The first-order valence-corrected chi connectivity index (χ1v) is 4.53. The fraction of sp³-hybridized carbons (Fsp3) is 0.750. The second-order valence-corrected chi connectivity index (χ2v) is 3.52. The fourth-order valence-electron chi connectivity index (χ4n) is 1.65. The molecule has 2 heterocycles. The van der Waals surface area contributed by atoms with E-state index >= 15 is 0 Å². The maximum absolute atomic E-state index is 9.22. The number of β-amino-alcohol motifs (C(OH)–C–C–N with tert-alkyl or cyclic N) is 1. The zero-order valence-electron chi connectivity index (χ0n) is 7.72. The molecule has 1 atom stereocenters. The van der Waals surface area contributed by atoms with Crippen molar-refractivity contribution in [3.8, 4) is 0 Å². The number of rotatable bonds is 2. The van der Waals surface area contributed by atoms with Crippen LogP contribution in [0.2, 0.25) is 0 Å². The smallest absolute Gasteiger partial charge is 0.147 e. The highest BCUT2D eigenvalue weighted by atomic mass is 16.3. The molecule has 2 rings (SSSR count). The van der Waals surface area contributed by atoms with Crippen LogP contribution in [0.3, 0.4) is 0 Å². The minimum atomic E-state index is -0.269. The van der Waals surface area contributed by atoms with E-state index < -0.39 is 0 Å². The number of aliphatic hydroxyl groups excluding tert-OH is 1. The third kappa shape index (κ3) is 1.87. The molecule has 0 saturated heterocycles. The van der Waals surface area contributed by atoms with E-state index in [9.17, 15) is 5.11 Å². The topological polar surface area (TPSA) is 54.2 Å². The molecule has 1 N–H and O–H groups in total. The molecular formula is C8H14N4O. The first-order chi connectivity index (χ1) is 6.25. The van der Waals surface area contributed by atoms with E-state index in [4.69, 9.17) is 0 Å². The quantitative estimate of drug-likeness (QED) is 0.668. The van der Waals surface area contributed by atoms with Crippen molar-refractivity contribution in [3.63, 3.8) is 0 Å². The monoisotopic (exact) mass is 182 g/mol. The van der Waals surface area contributed by atoms with Crippen molar-refractivity contribution in [2.75, 3.05) is 13.1 Å². The molecule has 1 aliphatic rings. The summed E-state index contributed by atoms with van der Waals surface area (Å²) in [5, 5.41) is 17.1. The van der Waals surface area contributed by atoms with Crippen LogP contribution in [0.5, 0.6) is 0 Å². The number of fused-ring (bicyclic) bond motifs is 1. The van der Waals surface area contributed by atoms with E-state index in [1.165, 1.54) is 0 Å². The zero-order valence-corrected chi connectivity index (χ0v) is 7.72. The first-order valence-electron chi connectivity index (χ1n) is 4.53. The van der Waals surface area contributed by atoms with E-state index in [-0.39, 0.29) is 6.10 Å². The Morgan fingerprint density at radius 1 is 1.62 bits per heavy atom. The van der Waals surface area contributed by atoms with Gasteiger partial charge in [0.1, 0.15) is 12.2 Å². The molecule has 0 unspecified atom stereocenters. The van der Waals surface area contributed by atoms with Gasteiger partial charge in [-0.15, -0.1) is 10.2 Å². The Morgan fingerprint density at radius 3 is 3.23 bits per heavy atom. The summed E-state index contributed by atoms with van der Waals surface area (Å²) < 4.78 is 2.05. The van der Waals surface area contributed by atoms with Crippen molar-refractivity contribution < 1.29 is 5.11 Å². The van der Waals surface area contributed by atoms with Crippen molar-refractivity contribution in [1.82, 2.24) is 19.7 Å². The van der Waals surface area contributed by atoms with Crippen LogP contribution in [-0.2, 0) is 13.1 Å². The predicted molar refractivity (Wildman–Crippen MR) is 47.0 cm³/mol. The molecule has 0 aliphatic carbocycles. The highest BCUT2D eigenvalue weighted by Gasteiger charge is 2.17. The number of nitrogens with zero attached hydrogens (tertiary/aromatic N) is 4. The van der Waals surface area contributed by atoms with E-state index in [0.29, 0.717) is 6.54 Å². The normalized spacial score (nSPS) is 19.8. The van der Waals surface area contributed by atoms with Crippen LogP contribution in [0, 0.1) is 0 Å². The summed E-state index contributed by atoms with van der Waals surface area (Å²) in [6.45, 7) is 5.21. The van der Waals surface area contributed by atoms with Gasteiger partial charge in [0.05, 0.1) is 12.6 Å². The molecular weight excluding hydrogens is 168 g/mol. The van der Waals surface area contributed by atoms with Crippen LogP contribution in [-0.4, -0.2) is 44.0 Å². The Bertz CT molecular complexity index is 283. The molecule has 0 bridgehead atoms. The van der Waals surface area contributed by atoms with Crippen LogP contribution < -0.4 is 0 Å². The second kappa shape index (κ2) is 3.43. The Labute approximate surface area is 77.0 Å². The molecule has 0 spiro atoms. The summed E-state index contributed by atoms with van der Waals surface area (Å²) in [7, 11) is 0. The molecule has 5 heteroatoms. The van der Waals surface area contributed by atoms with Gasteiger partial charge in [-0.25, -0.2) is 0 Å². The summed E-state index contributed by atoms with van der Waals surface area (Å²) in [5.74, 6) is 0.993. The molecule has 0 radical (unpaired) electrons. The summed E-state index contributed by atoms with van der Waals surface area (Å²) >= 11 is 0. The number of aromatic nitrogens is 3. The van der Waals surface area contributed by atoms with Crippen LogP contribution >= 0.6 is 0 Å². The van der Waals surface area contributed by atoms with Gasteiger partial charge in [-0.2, -0.15) is 0 Å². The van der Waals surface area contributed by atoms with Crippen LogP contribution in [0.25, 0.3) is 0 Å². The third-order valence-electron chi connectivity index (χ3n) is 2.24. The third-order valence-corrected chi connectivity index (χ3v) is 2.24. The van der Waals surface area contributed by atoms with E-state index in [1.54, 1.807) is 13.3 Å². The molecule has 5 nitrogen and oxygen atoms in total. The Kier molecular flexibility index (Phi) is 2.28. The molecule has 72 valence electrons. The van der Waals surface area contributed by atoms with Gasteiger partial charge in [0, 0.05) is 19.6 Å². The van der Waals surface area contributed by atoms with Crippen molar-refractivity contribution in [1.29, 1.82) is 0 Å². The molecule has 1 aromatic heterocycles. The van der Waals surface area contributed by atoms with Gasteiger partial charge in [0.2, 0.25) is 0 Å². The molecule has 1 aliphatic heterocycles. The van der Waals surface area contributed by atoms with Crippen molar-refractivity contribution in [3.05, 3.63) is 12.2 Å². The molecule has 0 aromatic carbocycles. The number of hydrogen-bond donors (Lipinski definition) is 1. The average molecular weight is 182 g/mol. The van der Waals surface area contributed by atoms with Crippen LogP contribution in [0.1, 0.15) is 12.7 Å². The number of aliphatic hydroxyl groups is 1. The standard InChI is InChI=1S/C8H14N4O/c1-7(13)4-11-2-3-12-6-9-10-8(12)5-11/h6-7,13H,2-5H2,1H3/t7-/m1/s1. The zero-order chi connectivity index (χ0) is 9.26. The summed E-state index contributed by atoms with van der Waals surface area (Å²) in [4.78, 5) is 2.19. The maximum Gasteiger partial charge on any atom is 0.147 e. The first kappa shape index (κ1) is 8.65. The second-order valence-electron chi connectivity index (χ2n) is 3.52. The molecule has 0 saturated carbocycles. The van der Waals surface area contributed by atoms with E-state index in [0.717, 1.165) is 25.5 Å². The van der Waals surface area contributed by atoms with Gasteiger partial charge in [0.15, 0.2) is 0 Å². The van der Waals surface area contributed by atoms with Gasteiger partial charge >= 0.3 is 0 Å². The van der Waals surface area contributed by atoms with Gasteiger partial charge in [-0.1, -0.05) is 0 Å². The Hall–Kier alpha value is -0.940. The van der Waals surface area contributed by atoms with Crippen molar-refractivity contribution >= 4 is 0 Å². The highest BCUT2D eigenvalue weighted by molar-refractivity contribution is 4.89. The predicted octanol–water partition coefficient (Wildman–Crippen LogP) is -0.526. The van der Waals surface area contributed by atoms with E-state index in [1.807, 2.05) is 0 Å². The largest absolute Gasteiger partial charge is 0.392 e. The lowest BCUT2D eigenvalue weighted by Crippen LogP contribution is -2.37. The summed E-state index contributed by atoms with van der Waals surface area (Å²) in [6, 6.07) is 0. The minimum absolute atomic E-state index is 0.269. The lowest BCUT2D eigenvalue weighted by atomic mass is 10.3. The van der Waals surface area contributed by atoms with Crippen LogP contribution in [0.15, 0.2) is 6.33 Å². The van der Waals surface area contributed by atoms with Gasteiger partial charge in [0.25, 0.3) is 0 Å². The van der Waals surface area contributed by atoms with Gasteiger partial charge < -0.3 is 9.67 Å². The molecule has 1 aromatic rings. The molecule has 0 fully saturated rings. The summed E-state index contributed by atoms with van der Waals surface area (Å²) in [6.07, 6.45) is 1.49. The van der Waals surface area contributed by atoms with Crippen molar-refractivity contribution in [2.45, 2.75) is 26.1 Å². The average Bonchev–Trinajstić information content (AvgIpc) is 2.49. The summed E-state index contributed by atoms with van der Waals surface area (Å²) in [5.41, 5.74) is 0. The SMILES string of the molecule is C[C@@H](O)CN1CCn2cnnc2C1. The number of hydrogen-bond acceptors (Lipinski definition) is 4. The van der Waals surface area contributed by atoms with E-state index in [2.05, 4.69) is 19.7 Å². The van der Waals surface area contributed by atoms with Crippen molar-refractivity contribution in [2.24, 2.45) is 0 Å². The minimum Gasteiger partial charge on any atom is -0.392 e. The van der Waals surface area contributed by atoms with Gasteiger partial charge in [-0.05, 0) is 6.92 Å². The lowest BCUT2D eigenvalue weighted by Gasteiger charge is -2.27. The van der Waals surface area contributed by atoms with Gasteiger partial charge in [-0.3, -0.25) is 4.90 Å². The lowest BCUT2D eigenvalue weighted by molar-refractivity contribution is 0.108. The molecule has 0 amide bonds. The highest BCUT2D eigenvalue weighted by Crippen LogP contribution is 2.08. The van der Waals surface area contributed by atoms with Crippen LogP contribution in [0.4, 0.5) is 0 Å². The Morgan fingerprint density at radius 2 is 2.46 bits per heavy atom.